The molecule has 4 nitrogen and oxygen atoms in total. The predicted molar refractivity (Wildman–Crippen MR) is 75.9 cm³/mol. The Hall–Kier alpha value is -2.80. The Kier molecular flexibility index (Phi) is 4.02. The molecule has 0 fully saturated rings. The Morgan fingerprint density at radius 3 is 2.80 bits per heavy atom. The fraction of sp³-hybridized carbons (Fsp3) is 0.125. The zero-order valence-corrected chi connectivity index (χ0v) is 11.1. The monoisotopic (exact) mass is 266 g/mol. The first kappa shape index (κ1) is 13.6. The van der Waals surface area contributed by atoms with Crippen molar-refractivity contribution in [3.63, 3.8) is 0 Å². The van der Waals surface area contributed by atoms with Gasteiger partial charge in [-0.25, -0.2) is 4.79 Å². The number of carbonyl (C=O) groups is 1. The number of carbonyl (C=O) groups excluding carboxylic acids is 1. The van der Waals surface area contributed by atoms with Crippen LogP contribution in [-0.2, 0) is 11.3 Å². The number of hydrogen-bond acceptors (Lipinski definition) is 4. The average Bonchev–Trinajstić information content (AvgIpc) is 2.47. The molecule has 100 valence electrons. The van der Waals surface area contributed by atoms with Gasteiger partial charge in [0.1, 0.15) is 6.61 Å². The van der Waals surface area contributed by atoms with Crippen LogP contribution < -0.4 is 5.73 Å². The Labute approximate surface area is 117 Å². The molecule has 4 heteroatoms. The molecule has 0 unspecified atom stereocenters. The summed E-state index contributed by atoms with van der Waals surface area (Å²) in [6.07, 6.45) is 0. The van der Waals surface area contributed by atoms with Crippen molar-refractivity contribution in [2.45, 2.75) is 13.5 Å². The molecule has 0 saturated carbocycles. The first-order valence-corrected chi connectivity index (χ1v) is 6.13. The number of hydrogen-bond donors (Lipinski definition) is 1. The van der Waals surface area contributed by atoms with Gasteiger partial charge in [-0.15, -0.1) is 0 Å². The summed E-state index contributed by atoms with van der Waals surface area (Å²) in [5, 5.41) is 8.97. The summed E-state index contributed by atoms with van der Waals surface area (Å²) in [6, 6.07) is 14.2. The summed E-state index contributed by atoms with van der Waals surface area (Å²) in [4.78, 5) is 12.0. The molecule has 0 aliphatic carbocycles. The highest BCUT2D eigenvalue weighted by molar-refractivity contribution is 5.92. The number of benzene rings is 2. The van der Waals surface area contributed by atoms with Gasteiger partial charge in [-0.2, -0.15) is 5.26 Å². The van der Waals surface area contributed by atoms with Crippen LogP contribution in [0.5, 0.6) is 0 Å². The molecule has 0 heterocycles. The second-order valence-electron chi connectivity index (χ2n) is 4.42. The quantitative estimate of drug-likeness (QED) is 0.684. The number of nitrogens with two attached hydrogens (primary N) is 1. The number of aryl methyl sites for hydroxylation is 1. The van der Waals surface area contributed by atoms with Crippen LogP contribution in [0.1, 0.15) is 27.0 Å². The Balaban J connectivity index is 2.13. The summed E-state index contributed by atoms with van der Waals surface area (Å²) in [5.41, 5.74) is 8.62. The minimum atomic E-state index is -0.442. The third-order valence-corrected chi connectivity index (χ3v) is 2.98. The highest BCUT2D eigenvalue weighted by Gasteiger charge is 2.12. The van der Waals surface area contributed by atoms with Gasteiger partial charge in [-0.1, -0.05) is 24.3 Å². The number of nitrogen functional groups attached to an aromatic ring is 1. The molecule has 0 amide bonds. The van der Waals surface area contributed by atoms with Gasteiger partial charge in [0, 0.05) is 11.3 Å². The second kappa shape index (κ2) is 5.89. The van der Waals surface area contributed by atoms with Crippen LogP contribution in [0.4, 0.5) is 5.69 Å². The van der Waals surface area contributed by atoms with Crippen molar-refractivity contribution in [2.75, 3.05) is 5.73 Å². The first-order valence-electron chi connectivity index (χ1n) is 6.13. The van der Waals surface area contributed by atoms with Crippen molar-refractivity contribution in [2.24, 2.45) is 0 Å². The van der Waals surface area contributed by atoms with Gasteiger partial charge in [0.05, 0.1) is 17.2 Å². The molecule has 2 aromatic rings. The third-order valence-electron chi connectivity index (χ3n) is 2.98. The lowest BCUT2D eigenvalue weighted by Crippen LogP contribution is -2.08. The minimum absolute atomic E-state index is 0.0663. The molecule has 0 aliphatic rings. The largest absolute Gasteiger partial charge is 0.457 e. The summed E-state index contributed by atoms with van der Waals surface area (Å²) >= 11 is 0. The van der Waals surface area contributed by atoms with E-state index < -0.39 is 5.97 Å². The topological polar surface area (TPSA) is 76.1 Å². The van der Waals surface area contributed by atoms with Crippen LogP contribution in [0.25, 0.3) is 0 Å². The van der Waals surface area contributed by atoms with Crippen LogP contribution in [0.3, 0.4) is 0 Å². The molecule has 0 aromatic heterocycles. The normalized spacial score (nSPS) is 9.80. The van der Waals surface area contributed by atoms with Gasteiger partial charge >= 0.3 is 5.97 Å². The number of esters is 1. The van der Waals surface area contributed by atoms with Gasteiger partial charge < -0.3 is 10.5 Å². The van der Waals surface area contributed by atoms with Crippen molar-refractivity contribution in [1.82, 2.24) is 0 Å². The average molecular weight is 266 g/mol. The van der Waals surface area contributed by atoms with Crippen LogP contribution in [-0.4, -0.2) is 5.97 Å². The molecule has 0 spiro atoms. The molecule has 2 aromatic carbocycles. The molecular formula is C16H14N2O2. The van der Waals surface area contributed by atoms with Crippen molar-refractivity contribution in [1.29, 1.82) is 5.26 Å². The highest BCUT2D eigenvalue weighted by Crippen LogP contribution is 2.15. The predicted octanol–water partition coefficient (Wildman–Crippen LogP) is 2.81. The molecule has 0 aliphatic heterocycles. The number of rotatable bonds is 3. The third kappa shape index (κ3) is 2.96. The van der Waals surface area contributed by atoms with E-state index >= 15 is 0 Å². The van der Waals surface area contributed by atoms with E-state index in [-0.39, 0.29) is 6.61 Å². The lowest BCUT2D eigenvalue weighted by Gasteiger charge is -2.08. The van der Waals surface area contributed by atoms with Crippen LogP contribution >= 0.6 is 0 Å². The van der Waals surface area contributed by atoms with Gasteiger partial charge in [0.15, 0.2) is 0 Å². The Bertz CT molecular complexity index is 687. The number of nitrogens with zero attached hydrogens (tertiary/aromatic N) is 1. The van der Waals surface area contributed by atoms with Crippen LogP contribution in [0.2, 0.25) is 0 Å². The molecular weight excluding hydrogens is 252 g/mol. The molecule has 0 bridgehead atoms. The number of anilines is 1. The lowest BCUT2D eigenvalue weighted by molar-refractivity contribution is 0.0471. The highest BCUT2D eigenvalue weighted by atomic mass is 16.5. The van der Waals surface area contributed by atoms with Gasteiger partial charge in [0.2, 0.25) is 0 Å². The van der Waals surface area contributed by atoms with E-state index in [1.165, 1.54) is 0 Å². The van der Waals surface area contributed by atoms with E-state index in [9.17, 15) is 4.79 Å². The molecule has 0 atom stereocenters. The smallest absolute Gasteiger partial charge is 0.338 e. The van der Waals surface area contributed by atoms with Gasteiger partial charge in [0.25, 0.3) is 0 Å². The second-order valence-corrected chi connectivity index (χ2v) is 4.42. The van der Waals surface area contributed by atoms with E-state index in [0.29, 0.717) is 22.4 Å². The zero-order valence-electron chi connectivity index (χ0n) is 11.1. The maximum atomic E-state index is 12.0. The summed E-state index contributed by atoms with van der Waals surface area (Å²) in [7, 11) is 0. The minimum Gasteiger partial charge on any atom is -0.457 e. The van der Waals surface area contributed by atoms with Gasteiger partial charge in [-0.3, -0.25) is 0 Å². The Morgan fingerprint density at radius 1 is 1.30 bits per heavy atom. The summed E-state index contributed by atoms with van der Waals surface area (Å²) < 4.78 is 5.25. The van der Waals surface area contributed by atoms with Gasteiger partial charge in [-0.05, 0) is 30.7 Å². The maximum Gasteiger partial charge on any atom is 0.338 e. The standard InChI is InChI=1S/C16H14N2O2/c1-11-6-7-14(18)8-15(11)16(19)20-10-13-5-3-2-4-12(13)9-17/h2-8H,10,18H2,1H3. The van der Waals surface area contributed by atoms with E-state index in [1.54, 1.807) is 42.5 Å². The molecule has 0 saturated heterocycles. The van der Waals surface area contributed by atoms with E-state index in [4.69, 9.17) is 15.7 Å². The van der Waals surface area contributed by atoms with Crippen molar-refractivity contribution < 1.29 is 9.53 Å². The number of nitriles is 1. The summed E-state index contributed by atoms with van der Waals surface area (Å²) in [5.74, 6) is -0.442. The van der Waals surface area contributed by atoms with Crippen molar-refractivity contribution in [3.8, 4) is 6.07 Å². The SMILES string of the molecule is Cc1ccc(N)cc1C(=O)OCc1ccccc1C#N. The maximum absolute atomic E-state index is 12.0. The van der Waals surface area contributed by atoms with E-state index in [1.807, 2.05) is 6.92 Å². The Morgan fingerprint density at radius 2 is 2.05 bits per heavy atom. The fourth-order valence-corrected chi connectivity index (χ4v) is 1.84. The number of ether oxygens (including phenoxy) is 1. The molecule has 2 N–H and O–H groups in total. The molecule has 2 rings (SSSR count). The first-order chi connectivity index (χ1) is 9.61. The van der Waals surface area contributed by atoms with E-state index in [0.717, 1.165) is 5.56 Å². The van der Waals surface area contributed by atoms with Crippen molar-refractivity contribution in [3.05, 3.63) is 64.7 Å². The molecule has 20 heavy (non-hydrogen) atoms. The molecule has 0 radical (unpaired) electrons. The fourth-order valence-electron chi connectivity index (χ4n) is 1.84. The van der Waals surface area contributed by atoms with Crippen molar-refractivity contribution >= 4 is 11.7 Å². The van der Waals surface area contributed by atoms with E-state index in [2.05, 4.69) is 6.07 Å². The summed E-state index contributed by atoms with van der Waals surface area (Å²) in [6.45, 7) is 1.88. The van der Waals surface area contributed by atoms with Crippen LogP contribution in [0.15, 0.2) is 42.5 Å². The lowest BCUT2D eigenvalue weighted by atomic mass is 10.1. The zero-order chi connectivity index (χ0) is 14.5. The van der Waals surface area contributed by atoms with Crippen LogP contribution in [0, 0.1) is 18.3 Å².